The quantitative estimate of drug-likeness (QED) is 0.396. The second kappa shape index (κ2) is 7.17. The molecule has 1 aromatic carbocycles. The maximum absolute atomic E-state index is 13.7. The molecule has 11 heteroatoms. The fraction of sp³-hybridized carbons (Fsp3) is 0.500. The van der Waals surface area contributed by atoms with E-state index in [4.69, 9.17) is 17.3 Å². The Morgan fingerprint density at radius 2 is 1.73 bits per heavy atom. The van der Waals surface area contributed by atoms with Crippen LogP contribution in [0, 0.1) is 23.7 Å². The molecule has 0 spiro atoms. The van der Waals surface area contributed by atoms with Gasteiger partial charge in [0.2, 0.25) is 5.91 Å². The minimum atomic E-state index is -2.86. The van der Waals surface area contributed by atoms with E-state index in [9.17, 15) is 39.3 Å². The van der Waals surface area contributed by atoms with Gasteiger partial charge in [0.25, 0.3) is 0 Å². The first-order valence-corrected chi connectivity index (χ1v) is 10.7. The molecule has 176 valence electrons. The lowest BCUT2D eigenvalue weighted by molar-refractivity contribution is -0.188. The van der Waals surface area contributed by atoms with Crippen LogP contribution in [0.15, 0.2) is 12.1 Å². The van der Waals surface area contributed by atoms with Crippen LogP contribution in [0.4, 0.5) is 0 Å². The Bertz CT molecular complexity index is 1150. The van der Waals surface area contributed by atoms with Crippen molar-refractivity contribution in [3.8, 4) is 5.75 Å². The molecule has 4 rings (SSSR count). The second-order valence-electron chi connectivity index (χ2n) is 9.40. The van der Waals surface area contributed by atoms with E-state index >= 15 is 0 Å². The van der Waals surface area contributed by atoms with Crippen LogP contribution in [-0.2, 0) is 24.8 Å². The van der Waals surface area contributed by atoms with E-state index < -0.39 is 75.7 Å². The number of ketones is 4. The van der Waals surface area contributed by atoms with Gasteiger partial charge in [-0.25, -0.2) is 0 Å². The van der Waals surface area contributed by atoms with Crippen molar-refractivity contribution < 1.29 is 39.3 Å². The number of phenols is 1. The van der Waals surface area contributed by atoms with Gasteiger partial charge in [0, 0.05) is 22.4 Å². The fourth-order valence-corrected chi connectivity index (χ4v) is 6.30. The molecule has 0 heterocycles. The normalized spacial score (nSPS) is 38.1. The molecule has 7 atom stereocenters. The molecule has 0 aliphatic heterocycles. The number of phenolic OH excluding ortho intramolecular Hbond substituents is 1. The van der Waals surface area contributed by atoms with Crippen molar-refractivity contribution in [2.75, 3.05) is 14.1 Å². The van der Waals surface area contributed by atoms with Crippen molar-refractivity contribution in [3.05, 3.63) is 28.3 Å². The number of Topliss-reactive ketones (excluding diaryl/α,β-unsaturated/α-hetero) is 4. The molecule has 3 aliphatic carbocycles. The topological polar surface area (TPSA) is 175 Å². The molecule has 2 saturated carbocycles. The highest BCUT2D eigenvalue weighted by Gasteiger charge is 2.71. The highest BCUT2D eigenvalue weighted by Crippen LogP contribution is 2.56. The summed E-state index contributed by atoms with van der Waals surface area (Å²) in [5, 5.41) is 33.3. The Hall–Kier alpha value is -2.66. The molecule has 5 unspecified atom stereocenters. The number of carbonyl (C=O) groups is 5. The zero-order chi connectivity index (χ0) is 24.8. The summed E-state index contributed by atoms with van der Waals surface area (Å²) < 4.78 is 0. The van der Waals surface area contributed by atoms with Gasteiger partial charge in [0.1, 0.15) is 5.75 Å². The van der Waals surface area contributed by atoms with Crippen molar-refractivity contribution in [2.24, 2.45) is 29.4 Å². The molecular weight excluding hydrogens is 456 g/mol. The Labute approximate surface area is 193 Å². The smallest absolute Gasteiger partial charge is 0.235 e. The number of halogens is 1. The summed E-state index contributed by atoms with van der Waals surface area (Å²) in [6.07, 6.45) is -0.289. The lowest BCUT2D eigenvalue weighted by Gasteiger charge is -2.55. The molecule has 33 heavy (non-hydrogen) atoms. The van der Waals surface area contributed by atoms with E-state index in [0.717, 1.165) is 6.07 Å². The molecule has 10 nitrogen and oxygen atoms in total. The zero-order valence-electron chi connectivity index (χ0n) is 18.0. The van der Waals surface area contributed by atoms with Crippen LogP contribution < -0.4 is 5.73 Å². The first kappa shape index (κ1) is 23.5. The number of fused-ring (bicyclic) bond motifs is 3. The summed E-state index contributed by atoms with van der Waals surface area (Å²) in [6, 6.07) is 1.17. The monoisotopic (exact) mass is 478 g/mol. The van der Waals surface area contributed by atoms with E-state index in [1.807, 2.05) is 0 Å². The number of hydrogen-bond donors (Lipinski definition) is 4. The van der Waals surface area contributed by atoms with Gasteiger partial charge in [-0.3, -0.25) is 28.9 Å². The number of benzene rings is 1. The van der Waals surface area contributed by atoms with E-state index in [1.54, 1.807) is 0 Å². The molecule has 3 aliphatic rings. The standard InChI is InChI=1S/C22H23ClN2O8/c1-21(32)7-6-8-15(25(2)3)17(28)13(20(24)31)19(30)22(8,33)18(29)11(7)16(27)12-10(26)5-4-9(23)14(12)21/h4-5,7-8,11,13,15,26,32-33H,6H2,1-3H3,(H2,24,31)/t7?,8?,11?,13?,15?,21-,22+/m1/s1. The van der Waals surface area contributed by atoms with E-state index in [1.165, 1.54) is 32.0 Å². The third-order valence-corrected chi connectivity index (χ3v) is 7.75. The minimum absolute atomic E-state index is 0.0124. The van der Waals surface area contributed by atoms with Gasteiger partial charge in [-0.05, 0) is 39.6 Å². The molecule has 0 bridgehead atoms. The number of rotatable bonds is 2. The van der Waals surface area contributed by atoms with Crippen LogP contribution in [0.1, 0.15) is 29.3 Å². The predicted octanol–water partition coefficient (Wildman–Crippen LogP) is -0.815. The molecular formula is C22H23ClN2O8. The lowest BCUT2D eigenvalue weighted by atomic mass is 9.49. The highest BCUT2D eigenvalue weighted by molar-refractivity contribution is 6.34. The fourth-order valence-electron chi connectivity index (χ4n) is 5.95. The van der Waals surface area contributed by atoms with Crippen LogP contribution in [-0.4, -0.2) is 75.0 Å². The minimum Gasteiger partial charge on any atom is -0.507 e. The summed E-state index contributed by atoms with van der Waals surface area (Å²) in [4.78, 5) is 66.6. The number of hydrogen-bond acceptors (Lipinski definition) is 9. The van der Waals surface area contributed by atoms with Gasteiger partial charge in [-0.15, -0.1) is 0 Å². The first-order valence-electron chi connectivity index (χ1n) is 10.3. The number of aromatic hydroxyl groups is 1. The van der Waals surface area contributed by atoms with Gasteiger partial charge >= 0.3 is 0 Å². The maximum Gasteiger partial charge on any atom is 0.235 e. The number of carbonyl (C=O) groups excluding carboxylic acids is 5. The lowest BCUT2D eigenvalue weighted by Crippen LogP contribution is -2.75. The highest BCUT2D eigenvalue weighted by atomic mass is 35.5. The largest absolute Gasteiger partial charge is 0.507 e. The number of nitrogens with zero attached hydrogens (tertiary/aromatic N) is 1. The van der Waals surface area contributed by atoms with Crippen molar-refractivity contribution >= 4 is 40.6 Å². The Balaban J connectivity index is 1.97. The average molecular weight is 479 g/mol. The number of primary amides is 1. The van der Waals surface area contributed by atoms with Crippen LogP contribution in [0.25, 0.3) is 0 Å². The average Bonchev–Trinajstić information content (AvgIpc) is 2.69. The molecule has 1 amide bonds. The maximum atomic E-state index is 13.7. The second-order valence-corrected chi connectivity index (χ2v) is 9.80. The van der Waals surface area contributed by atoms with Crippen molar-refractivity contribution in [1.29, 1.82) is 0 Å². The number of amides is 1. The van der Waals surface area contributed by atoms with Gasteiger partial charge in [0.15, 0.2) is 34.7 Å². The predicted molar refractivity (Wildman–Crippen MR) is 112 cm³/mol. The number of likely N-dealkylation sites (N-methyl/N-ethyl adjacent to an activating group) is 1. The van der Waals surface area contributed by atoms with E-state index in [0.29, 0.717) is 0 Å². The summed E-state index contributed by atoms with van der Waals surface area (Å²) in [6.45, 7) is 1.32. The molecule has 1 aromatic rings. The van der Waals surface area contributed by atoms with Gasteiger partial charge in [-0.1, -0.05) is 11.6 Å². The summed E-state index contributed by atoms with van der Waals surface area (Å²) in [7, 11) is 2.95. The Kier molecular flexibility index (Phi) is 5.10. The molecule has 0 saturated heterocycles. The van der Waals surface area contributed by atoms with Crippen molar-refractivity contribution in [3.63, 3.8) is 0 Å². The molecule has 2 fully saturated rings. The first-order chi connectivity index (χ1) is 15.2. The number of aliphatic hydroxyl groups is 2. The summed E-state index contributed by atoms with van der Waals surface area (Å²) in [5.74, 6) is -12.5. The number of nitrogens with two attached hydrogens (primary N) is 1. The zero-order valence-corrected chi connectivity index (χ0v) is 18.8. The Morgan fingerprint density at radius 3 is 2.27 bits per heavy atom. The molecule has 0 aromatic heterocycles. The van der Waals surface area contributed by atoms with Crippen molar-refractivity contribution in [2.45, 2.75) is 30.6 Å². The van der Waals surface area contributed by atoms with E-state index in [2.05, 4.69) is 0 Å². The van der Waals surface area contributed by atoms with Crippen LogP contribution in [0.5, 0.6) is 5.75 Å². The molecule has 0 radical (unpaired) electrons. The molecule has 5 N–H and O–H groups in total. The van der Waals surface area contributed by atoms with Crippen LogP contribution >= 0.6 is 11.6 Å². The third-order valence-electron chi connectivity index (χ3n) is 7.43. The van der Waals surface area contributed by atoms with Crippen molar-refractivity contribution in [1.82, 2.24) is 4.90 Å². The van der Waals surface area contributed by atoms with Gasteiger partial charge in [0.05, 0.1) is 23.1 Å². The third kappa shape index (κ3) is 2.81. The Morgan fingerprint density at radius 1 is 1.12 bits per heavy atom. The SMILES string of the molecule is CN(C)C1C(=O)C(C(N)=O)C(=O)[C@@]2(O)C(=O)C3C(=O)c4c(O)ccc(Cl)c4[C@](C)(O)C3CC12. The summed E-state index contributed by atoms with van der Waals surface area (Å²) in [5.41, 5.74) is 0.0293. The van der Waals surface area contributed by atoms with Crippen LogP contribution in [0.3, 0.4) is 0 Å². The summed E-state index contributed by atoms with van der Waals surface area (Å²) >= 11 is 6.25. The van der Waals surface area contributed by atoms with E-state index in [-0.39, 0.29) is 22.6 Å². The van der Waals surface area contributed by atoms with Crippen LogP contribution in [0.2, 0.25) is 5.02 Å². The van der Waals surface area contributed by atoms with Gasteiger partial charge < -0.3 is 21.1 Å². The van der Waals surface area contributed by atoms with Gasteiger partial charge in [-0.2, -0.15) is 0 Å².